The predicted molar refractivity (Wildman–Crippen MR) is 90.0 cm³/mol. The summed E-state index contributed by atoms with van der Waals surface area (Å²) in [5.74, 6) is 0.652. The Morgan fingerprint density at radius 2 is 1.71 bits per heavy atom. The number of ether oxygens (including phenoxy) is 1. The van der Waals surface area contributed by atoms with E-state index >= 15 is 0 Å². The van der Waals surface area contributed by atoms with Gasteiger partial charge in [-0.2, -0.15) is 0 Å². The van der Waals surface area contributed by atoms with Crippen LogP contribution in [0.1, 0.15) is 17.2 Å². The van der Waals surface area contributed by atoms with E-state index < -0.39 is 0 Å². The largest absolute Gasteiger partial charge is 0.495 e. The van der Waals surface area contributed by atoms with Gasteiger partial charge in [0.15, 0.2) is 0 Å². The maximum atomic E-state index is 6.24. The van der Waals surface area contributed by atoms with Crippen molar-refractivity contribution in [3.8, 4) is 5.75 Å². The van der Waals surface area contributed by atoms with Gasteiger partial charge in [-0.05, 0) is 48.9 Å². The second kappa shape index (κ2) is 7.37. The molecule has 0 heterocycles. The molecule has 0 fully saturated rings. The van der Waals surface area contributed by atoms with Crippen LogP contribution in [0.4, 0.5) is 0 Å². The molecule has 0 saturated carbocycles. The van der Waals surface area contributed by atoms with E-state index in [9.17, 15) is 0 Å². The molecule has 2 aromatic rings. The molecule has 1 atom stereocenters. The molecule has 21 heavy (non-hydrogen) atoms. The molecule has 0 aliphatic rings. The van der Waals surface area contributed by atoms with Gasteiger partial charge in [0.05, 0.1) is 12.1 Å². The van der Waals surface area contributed by atoms with E-state index in [1.807, 2.05) is 43.4 Å². The maximum absolute atomic E-state index is 6.24. The second-order valence-electron chi connectivity index (χ2n) is 4.64. The second-order valence-corrected chi connectivity index (χ2v) is 5.86. The van der Waals surface area contributed by atoms with Gasteiger partial charge in [-0.3, -0.25) is 0 Å². The lowest BCUT2D eigenvalue weighted by atomic mass is 9.98. The number of benzene rings is 2. The van der Waals surface area contributed by atoms with Gasteiger partial charge in [0.1, 0.15) is 5.75 Å². The third-order valence-corrected chi connectivity index (χ3v) is 4.42. The van der Waals surface area contributed by atoms with Crippen LogP contribution in [0.15, 0.2) is 36.4 Å². The molecule has 112 valence electrons. The monoisotopic (exact) mass is 343 g/mol. The van der Waals surface area contributed by atoms with Crippen LogP contribution in [-0.2, 0) is 6.42 Å². The Hall–Kier alpha value is -0.930. The lowest BCUT2D eigenvalue weighted by molar-refractivity contribution is 0.413. The first-order chi connectivity index (χ1) is 10.1. The zero-order valence-electron chi connectivity index (χ0n) is 11.8. The third-order valence-electron chi connectivity index (χ3n) is 3.40. The molecule has 2 aromatic carbocycles. The minimum absolute atomic E-state index is 0.0635. The zero-order valence-corrected chi connectivity index (χ0v) is 14.1. The van der Waals surface area contributed by atoms with Crippen molar-refractivity contribution in [3.63, 3.8) is 0 Å². The highest BCUT2D eigenvalue weighted by Crippen LogP contribution is 2.32. The number of likely N-dealkylation sites (N-methyl/N-ethyl adjacent to an activating group) is 1. The van der Waals surface area contributed by atoms with Crippen molar-refractivity contribution in [2.75, 3.05) is 14.2 Å². The molecule has 5 heteroatoms. The van der Waals surface area contributed by atoms with Crippen LogP contribution in [0, 0.1) is 0 Å². The van der Waals surface area contributed by atoms with Gasteiger partial charge in [0.2, 0.25) is 0 Å². The van der Waals surface area contributed by atoms with E-state index in [0.717, 1.165) is 11.1 Å². The van der Waals surface area contributed by atoms with Gasteiger partial charge < -0.3 is 10.1 Å². The topological polar surface area (TPSA) is 21.3 Å². The Morgan fingerprint density at radius 3 is 2.29 bits per heavy atom. The molecule has 2 nitrogen and oxygen atoms in total. The minimum Gasteiger partial charge on any atom is -0.495 e. The summed E-state index contributed by atoms with van der Waals surface area (Å²) in [6, 6.07) is 11.3. The Morgan fingerprint density at radius 1 is 1.05 bits per heavy atom. The molecule has 0 saturated heterocycles. The lowest BCUT2D eigenvalue weighted by Crippen LogP contribution is -2.19. The average molecular weight is 345 g/mol. The summed E-state index contributed by atoms with van der Waals surface area (Å²) in [5, 5.41) is 5.21. The SMILES string of the molecule is CNC(Cc1c(Cl)cccc1Cl)c1ccc(Cl)c(OC)c1. The quantitative estimate of drug-likeness (QED) is 0.809. The Bertz CT molecular complexity index is 611. The highest BCUT2D eigenvalue weighted by Gasteiger charge is 2.16. The van der Waals surface area contributed by atoms with Gasteiger partial charge in [-0.15, -0.1) is 0 Å². The minimum atomic E-state index is 0.0635. The van der Waals surface area contributed by atoms with Crippen LogP contribution in [0.3, 0.4) is 0 Å². The number of halogens is 3. The molecule has 1 N–H and O–H groups in total. The molecule has 2 rings (SSSR count). The number of methoxy groups -OCH3 is 1. The molecular weight excluding hydrogens is 329 g/mol. The van der Waals surface area contributed by atoms with Gasteiger partial charge in [0, 0.05) is 16.1 Å². The fourth-order valence-corrected chi connectivity index (χ4v) is 2.96. The molecule has 0 aliphatic heterocycles. The van der Waals surface area contributed by atoms with Crippen molar-refractivity contribution in [1.82, 2.24) is 5.32 Å². The van der Waals surface area contributed by atoms with E-state index in [1.165, 1.54) is 0 Å². The van der Waals surface area contributed by atoms with Crippen molar-refractivity contribution in [2.24, 2.45) is 0 Å². The zero-order chi connectivity index (χ0) is 15.4. The Kier molecular flexibility index (Phi) is 5.77. The smallest absolute Gasteiger partial charge is 0.137 e. The Balaban J connectivity index is 2.32. The fraction of sp³-hybridized carbons (Fsp3) is 0.250. The van der Waals surface area contributed by atoms with Gasteiger partial charge in [-0.25, -0.2) is 0 Å². The van der Waals surface area contributed by atoms with E-state index in [2.05, 4.69) is 5.32 Å². The molecule has 0 radical (unpaired) electrons. The lowest BCUT2D eigenvalue weighted by Gasteiger charge is -2.19. The number of hydrogen-bond acceptors (Lipinski definition) is 2. The summed E-state index contributed by atoms with van der Waals surface area (Å²) < 4.78 is 5.27. The predicted octanol–water partition coefficient (Wildman–Crippen LogP) is 5.16. The highest BCUT2D eigenvalue weighted by molar-refractivity contribution is 6.36. The van der Waals surface area contributed by atoms with E-state index in [0.29, 0.717) is 27.2 Å². The van der Waals surface area contributed by atoms with E-state index in [1.54, 1.807) is 7.11 Å². The van der Waals surface area contributed by atoms with Crippen LogP contribution in [0.2, 0.25) is 15.1 Å². The van der Waals surface area contributed by atoms with Crippen molar-refractivity contribution in [2.45, 2.75) is 12.5 Å². The van der Waals surface area contributed by atoms with Crippen molar-refractivity contribution < 1.29 is 4.74 Å². The van der Waals surface area contributed by atoms with Crippen LogP contribution in [0.25, 0.3) is 0 Å². The van der Waals surface area contributed by atoms with Gasteiger partial charge >= 0.3 is 0 Å². The molecular formula is C16H16Cl3NO. The third kappa shape index (κ3) is 3.83. The van der Waals surface area contributed by atoms with Crippen LogP contribution >= 0.6 is 34.8 Å². The highest BCUT2D eigenvalue weighted by atomic mass is 35.5. The van der Waals surface area contributed by atoms with Gasteiger partial charge in [0.25, 0.3) is 0 Å². The maximum Gasteiger partial charge on any atom is 0.137 e. The molecule has 0 aromatic heterocycles. The first kappa shape index (κ1) is 16.4. The molecule has 0 bridgehead atoms. The van der Waals surface area contributed by atoms with Crippen LogP contribution in [0.5, 0.6) is 5.75 Å². The van der Waals surface area contributed by atoms with Crippen LogP contribution < -0.4 is 10.1 Å². The summed E-state index contributed by atoms with van der Waals surface area (Å²) in [6.07, 6.45) is 0.680. The van der Waals surface area contributed by atoms with Crippen molar-refractivity contribution >= 4 is 34.8 Å². The number of nitrogens with one attached hydrogen (secondary N) is 1. The average Bonchev–Trinajstić information content (AvgIpc) is 2.48. The molecule has 0 spiro atoms. The Labute approximate surface area is 140 Å². The van der Waals surface area contributed by atoms with E-state index in [4.69, 9.17) is 39.5 Å². The summed E-state index contributed by atoms with van der Waals surface area (Å²) in [5.41, 5.74) is 1.99. The summed E-state index contributed by atoms with van der Waals surface area (Å²) in [7, 11) is 3.50. The first-order valence-corrected chi connectivity index (χ1v) is 7.63. The molecule has 1 unspecified atom stereocenters. The fourth-order valence-electron chi connectivity index (χ4n) is 2.21. The summed E-state index contributed by atoms with van der Waals surface area (Å²) in [6.45, 7) is 0. The first-order valence-electron chi connectivity index (χ1n) is 6.50. The van der Waals surface area contributed by atoms with Gasteiger partial charge in [-0.1, -0.05) is 46.9 Å². The van der Waals surface area contributed by atoms with Crippen molar-refractivity contribution in [3.05, 3.63) is 62.6 Å². The van der Waals surface area contributed by atoms with Crippen LogP contribution in [-0.4, -0.2) is 14.2 Å². The van der Waals surface area contributed by atoms with Crippen molar-refractivity contribution in [1.29, 1.82) is 0 Å². The number of rotatable bonds is 5. The summed E-state index contributed by atoms with van der Waals surface area (Å²) in [4.78, 5) is 0. The molecule has 0 amide bonds. The summed E-state index contributed by atoms with van der Waals surface area (Å²) >= 11 is 18.6. The normalized spacial score (nSPS) is 12.2. The van der Waals surface area contributed by atoms with E-state index in [-0.39, 0.29) is 6.04 Å². The number of hydrogen-bond donors (Lipinski definition) is 1. The standard InChI is InChI=1S/C16H16Cl3NO/c1-20-15(9-11-12(17)4-3-5-13(11)18)10-6-7-14(19)16(8-10)21-2/h3-8,15,20H,9H2,1-2H3. The molecule has 0 aliphatic carbocycles.